The van der Waals surface area contributed by atoms with Crippen LogP contribution in [0.1, 0.15) is 53.1 Å². The molecule has 1 aromatic carbocycles. The summed E-state index contributed by atoms with van der Waals surface area (Å²) in [6.45, 7) is 0.681. The molecule has 150 valence electrons. The van der Waals surface area contributed by atoms with Gasteiger partial charge in [0, 0.05) is 25.2 Å². The van der Waals surface area contributed by atoms with Crippen LogP contribution in [0.15, 0.2) is 17.0 Å². The Labute approximate surface area is 167 Å². The first-order chi connectivity index (χ1) is 13.2. The Morgan fingerprint density at radius 1 is 1.36 bits per heavy atom. The lowest BCUT2D eigenvalue weighted by molar-refractivity contribution is -0.124. The van der Waals surface area contributed by atoms with Crippen LogP contribution in [0.4, 0.5) is 0 Å². The van der Waals surface area contributed by atoms with E-state index in [2.05, 4.69) is 4.74 Å². The average Bonchev–Trinajstić information content (AvgIpc) is 3.14. The number of carbonyl (C=O) groups is 3. The summed E-state index contributed by atoms with van der Waals surface area (Å²) in [6.07, 6.45) is 4.45. The van der Waals surface area contributed by atoms with E-state index in [1.54, 1.807) is 0 Å². The van der Waals surface area contributed by atoms with E-state index in [-0.39, 0.29) is 51.4 Å². The standard InChI is InChI=1S/C19H19ClO7S/c1-28(24,25)18-14(11-3-2-4-13(22)7-11)8-15(19(23)27-10-21)17(20)16(18)12-5-6-26-9-12/h7-8,10,12H,2-6,9H2,1H3. The normalized spacial score (nSPS) is 20.0. The van der Waals surface area contributed by atoms with Crippen molar-refractivity contribution in [1.29, 1.82) is 0 Å². The van der Waals surface area contributed by atoms with Crippen LogP contribution >= 0.6 is 11.6 Å². The highest BCUT2D eigenvalue weighted by Gasteiger charge is 2.34. The number of hydrogen-bond acceptors (Lipinski definition) is 7. The van der Waals surface area contributed by atoms with Crippen molar-refractivity contribution < 1.29 is 32.3 Å². The molecule has 28 heavy (non-hydrogen) atoms. The van der Waals surface area contributed by atoms with Crippen LogP contribution in [-0.4, -0.2) is 46.1 Å². The number of sulfone groups is 1. The molecule has 1 aliphatic heterocycles. The summed E-state index contributed by atoms with van der Waals surface area (Å²) in [5.74, 6) is -1.43. The van der Waals surface area contributed by atoms with Gasteiger partial charge >= 0.3 is 12.4 Å². The fourth-order valence-electron chi connectivity index (χ4n) is 3.69. The maximum absolute atomic E-state index is 12.7. The zero-order chi connectivity index (χ0) is 20.5. The molecule has 1 atom stereocenters. The van der Waals surface area contributed by atoms with Crippen LogP contribution in [0.5, 0.6) is 0 Å². The van der Waals surface area contributed by atoms with Crippen LogP contribution in [0.25, 0.3) is 5.57 Å². The Morgan fingerprint density at radius 3 is 2.68 bits per heavy atom. The molecule has 1 unspecified atom stereocenters. The lowest BCUT2D eigenvalue weighted by Gasteiger charge is -2.23. The third-order valence-corrected chi connectivity index (χ3v) is 6.47. The molecule has 0 N–H and O–H groups in total. The maximum atomic E-state index is 12.7. The predicted octanol–water partition coefficient (Wildman–Crippen LogP) is 2.70. The predicted molar refractivity (Wildman–Crippen MR) is 101 cm³/mol. The van der Waals surface area contributed by atoms with E-state index in [4.69, 9.17) is 16.3 Å². The van der Waals surface area contributed by atoms with E-state index in [9.17, 15) is 22.8 Å². The molecule has 7 nitrogen and oxygen atoms in total. The number of carbonyl (C=O) groups excluding carboxylic acids is 3. The fourth-order valence-corrected chi connectivity index (χ4v) is 5.38. The number of hydrogen-bond donors (Lipinski definition) is 0. The lowest BCUT2D eigenvalue weighted by atomic mass is 9.87. The van der Waals surface area contributed by atoms with Gasteiger partial charge in [-0.25, -0.2) is 13.2 Å². The zero-order valence-corrected chi connectivity index (χ0v) is 16.8. The van der Waals surface area contributed by atoms with Crippen molar-refractivity contribution in [3.05, 3.63) is 33.9 Å². The Hall–Kier alpha value is -2.03. The molecular formula is C19H19ClO7S. The van der Waals surface area contributed by atoms with Gasteiger partial charge in [-0.3, -0.25) is 9.59 Å². The van der Waals surface area contributed by atoms with Gasteiger partial charge in [-0.1, -0.05) is 11.6 Å². The number of rotatable bonds is 5. The molecule has 9 heteroatoms. The summed E-state index contributed by atoms with van der Waals surface area (Å²) in [6, 6.07) is 1.30. The van der Waals surface area contributed by atoms with E-state index >= 15 is 0 Å². The van der Waals surface area contributed by atoms with Crippen LogP contribution in [-0.2, 0) is 28.9 Å². The second kappa shape index (κ2) is 8.14. The molecule has 0 spiro atoms. The van der Waals surface area contributed by atoms with Crippen molar-refractivity contribution in [3.8, 4) is 0 Å². The second-order valence-electron chi connectivity index (χ2n) is 6.85. The molecule has 1 saturated heterocycles. The molecule has 1 fully saturated rings. The smallest absolute Gasteiger partial charge is 0.347 e. The van der Waals surface area contributed by atoms with Gasteiger partial charge in [-0.2, -0.15) is 0 Å². The highest BCUT2D eigenvalue weighted by atomic mass is 35.5. The second-order valence-corrected chi connectivity index (χ2v) is 9.18. The maximum Gasteiger partial charge on any atom is 0.347 e. The summed E-state index contributed by atoms with van der Waals surface area (Å²) in [4.78, 5) is 34.9. The van der Waals surface area contributed by atoms with E-state index in [0.717, 1.165) is 6.26 Å². The Bertz CT molecular complexity index is 972. The van der Waals surface area contributed by atoms with Crippen LogP contribution < -0.4 is 0 Å². The van der Waals surface area contributed by atoms with Gasteiger partial charge in [0.2, 0.25) is 0 Å². The quantitative estimate of drug-likeness (QED) is 0.405. The highest BCUT2D eigenvalue weighted by molar-refractivity contribution is 7.90. The monoisotopic (exact) mass is 426 g/mol. The summed E-state index contributed by atoms with van der Waals surface area (Å²) >= 11 is 6.45. The molecule has 3 rings (SSSR count). The van der Waals surface area contributed by atoms with Crippen molar-refractivity contribution in [1.82, 2.24) is 0 Å². The Balaban J connectivity index is 2.37. The molecule has 0 radical (unpaired) electrons. The average molecular weight is 427 g/mol. The molecule has 1 aliphatic carbocycles. The minimum absolute atomic E-state index is 0.00315. The van der Waals surface area contributed by atoms with Gasteiger partial charge in [0.1, 0.15) is 0 Å². The number of esters is 1. The SMILES string of the molecule is CS(=O)(=O)c1c(C2=CC(=O)CCC2)cc(C(=O)OC=O)c(Cl)c1C1CCOC1. The number of allylic oxidation sites excluding steroid dienone is 2. The van der Waals surface area contributed by atoms with E-state index in [1.165, 1.54) is 12.1 Å². The summed E-state index contributed by atoms with van der Waals surface area (Å²) in [7, 11) is -3.76. The van der Waals surface area contributed by atoms with Crippen molar-refractivity contribution in [2.75, 3.05) is 19.5 Å². The molecule has 0 bridgehead atoms. The number of benzene rings is 1. The molecule has 0 amide bonds. The highest BCUT2D eigenvalue weighted by Crippen LogP contribution is 2.43. The van der Waals surface area contributed by atoms with Gasteiger partial charge in [0.05, 0.1) is 22.1 Å². The minimum Gasteiger partial charge on any atom is -0.392 e. The Kier molecular flexibility index (Phi) is 6.02. The van der Waals surface area contributed by atoms with Crippen molar-refractivity contribution in [2.24, 2.45) is 0 Å². The molecule has 0 aromatic heterocycles. The molecule has 1 heterocycles. The van der Waals surface area contributed by atoms with E-state index in [1.807, 2.05) is 0 Å². The van der Waals surface area contributed by atoms with Crippen molar-refractivity contribution >= 4 is 45.2 Å². The van der Waals surface area contributed by atoms with Gasteiger partial charge in [-0.15, -0.1) is 0 Å². The van der Waals surface area contributed by atoms with Gasteiger partial charge in [0.15, 0.2) is 15.6 Å². The van der Waals surface area contributed by atoms with Gasteiger partial charge in [-0.05, 0) is 48.1 Å². The number of ether oxygens (including phenoxy) is 2. The molecule has 0 saturated carbocycles. The van der Waals surface area contributed by atoms with Crippen LogP contribution in [0.3, 0.4) is 0 Å². The van der Waals surface area contributed by atoms with Crippen LogP contribution in [0.2, 0.25) is 5.02 Å². The summed E-state index contributed by atoms with van der Waals surface area (Å²) in [5, 5.41) is -0.0748. The van der Waals surface area contributed by atoms with Crippen molar-refractivity contribution in [3.63, 3.8) is 0 Å². The molecule has 1 aromatic rings. The first kappa shape index (κ1) is 20.7. The Morgan fingerprint density at radius 2 is 2.11 bits per heavy atom. The first-order valence-corrected chi connectivity index (χ1v) is 11.0. The largest absolute Gasteiger partial charge is 0.392 e. The topological polar surface area (TPSA) is 104 Å². The third kappa shape index (κ3) is 4.04. The fraction of sp³-hybridized carbons (Fsp3) is 0.421. The van der Waals surface area contributed by atoms with Crippen molar-refractivity contribution in [2.45, 2.75) is 36.5 Å². The number of ketones is 1. The zero-order valence-electron chi connectivity index (χ0n) is 15.2. The number of halogens is 1. The summed E-state index contributed by atoms with van der Waals surface area (Å²) in [5.41, 5.74) is 0.932. The third-order valence-electron chi connectivity index (χ3n) is 4.89. The van der Waals surface area contributed by atoms with Gasteiger partial charge < -0.3 is 9.47 Å². The molecule has 2 aliphatic rings. The van der Waals surface area contributed by atoms with Gasteiger partial charge in [0.25, 0.3) is 0 Å². The first-order valence-electron chi connectivity index (χ1n) is 8.76. The van der Waals surface area contributed by atoms with E-state index in [0.29, 0.717) is 37.9 Å². The summed E-state index contributed by atoms with van der Waals surface area (Å²) < 4.78 is 35.3. The van der Waals surface area contributed by atoms with Crippen LogP contribution in [0, 0.1) is 0 Å². The minimum atomic E-state index is -3.76. The van der Waals surface area contributed by atoms with E-state index < -0.39 is 15.8 Å². The molecular weight excluding hydrogens is 408 g/mol. The lowest BCUT2D eigenvalue weighted by Crippen LogP contribution is -2.16.